The molecule has 0 unspecified atom stereocenters. The highest BCUT2D eigenvalue weighted by molar-refractivity contribution is 6.02. The van der Waals surface area contributed by atoms with E-state index in [1.807, 2.05) is 42.5 Å². The van der Waals surface area contributed by atoms with Crippen LogP contribution in [0.4, 0.5) is 5.69 Å². The van der Waals surface area contributed by atoms with Gasteiger partial charge in [-0.15, -0.1) is 5.10 Å². The second-order valence-electron chi connectivity index (χ2n) is 6.82. The number of fused-ring (bicyclic) bond motifs is 1. The topological polar surface area (TPSA) is 95.1 Å². The molecule has 0 saturated heterocycles. The first kappa shape index (κ1) is 18.6. The van der Waals surface area contributed by atoms with Crippen molar-refractivity contribution in [2.75, 3.05) is 5.32 Å². The highest BCUT2D eigenvalue weighted by Crippen LogP contribution is 2.22. The van der Waals surface area contributed by atoms with Crippen LogP contribution in [0.3, 0.4) is 0 Å². The van der Waals surface area contributed by atoms with Crippen LogP contribution in [-0.2, 0) is 6.61 Å². The molecule has 5 aromatic rings. The second-order valence-corrected chi connectivity index (χ2v) is 6.82. The Hall–Kier alpha value is -4.46. The molecule has 0 aliphatic carbocycles. The SMILES string of the molecule is O=C(Nc1cccc(-n2cnnn2)c1)c1ccc(COc2ccc3ccccc3c2)o1. The molecule has 0 aliphatic rings. The summed E-state index contributed by atoms with van der Waals surface area (Å²) in [6, 6.07) is 24.5. The molecule has 5 rings (SSSR count). The van der Waals surface area contributed by atoms with Crippen LogP contribution in [0.1, 0.15) is 16.3 Å². The van der Waals surface area contributed by atoms with Crippen LogP contribution >= 0.6 is 0 Å². The number of tetrazole rings is 1. The number of hydrogen-bond acceptors (Lipinski definition) is 6. The lowest BCUT2D eigenvalue weighted by Gasteiger charge is -2.06. The fraction of sp³-hybridized carbons (Fsp3) is 0.0435. The summed E-state index contributed by atoms with van der Waals surface area (Å²) in [4.78, 5) is 12.6. The van der Waals surface area contributed by atoms with Crippen LogP contribution in [0.15, 0.2) is 89.6 Å². The van der Waals surface area contributed by atoms with Gasteiger partial charge in [0, 0.05) is 5.69 Å². The first-order valence-electron chi connectivity index (χ1n) is 9.60. The average Bonchev–Trinajstić information content (AvgIpc) is 3.50. The van der Waals surface area contributed by atoms with Gasteiger partial charge < -0.3 is 14.5 Å². The number of anilines is 1. The van der Waals surface area contributed by atoms with Crippen LogP contribution in [0.2, 0.25) is 0 Å². The number of rotatable bonds is 6. The number of nitrogens with zero attached hydrogens (tertiary/aromatic N) is 4. The Kier molecular flexibility index (Phi) is 4.86. The molecular formula is C23H17N5O3. The lowest BCUT2D eigenvalue weighted by Crippen LogP contribution is -2.11. The van der Waals surface area contributed by atoms with Crippen LogP contribution in [-0.4, -0.2) is 26.1 Å². The number of carbonyl (C=O) groups excluding carboxylic acids is 1. The first-order valence-corrected chi connectivity index (χ1v) is 9.60. The summed E-state index contributed by atoms with van der Waals surface area (Å²) in [6.07, 6.45) is 1.48. The van der Waals surface area contributed by atoms with Crippen molar-refractivity contribution in [2.24, 2.45) is 0 Å². The largest absolute Gasteiger partial charge is 0.486 e. The average molecular weight is 411 g/mol. The molecule has 0 atom stereocenters. The minimum atomic E-state index is -0.356. The van der Waals surface area contributed by atoms with E-state index in [1.54, 1.807) is 30.3 Å². The second kappa shape index (κ2) is 8.11. The van der Waals surface area contributed by atoms with Gasteiger partial charge in [0.25, 0.3) is 5.91 Å². The number of furan rings is 1. The Bertz CT molecular complexity index is 1340. The normalized spacial score (nSPS) is 10.8. The van der Waals surface area contributed by atoms with Crippen LogP contribution in [0, 0.1) is 0 Å². The van der Waals surface area contributed by atoms with E-state index < -0.39 is 0 Å². The lowest BCUT2D eigenvalue weighted by molar-refractivity contribution is 0.0992. The summed E-state index contributed by atoms with van der Waals surface area (Å²) in [5, 5.41) is 16.1. The van der Waals surface area contributed by atoms with Crippen LogP contribution in [0.5, 0.6) is 5.75 Å². The highest BCUT2D eigenvalue weighted by atomic mass is 16.5. The standard InChI is InChI=1S/C23H17N5O3/c29-23(25-18-6-3-7-19(13-18)28-15-24-26-27-28)22-11-10-21(31-22)14-30-20-9-8-16-4-1-2-5-17(16)12-20/h1-13,15H,14H2,(H,25,29). The van der Waals surface area contributed by atoms with E-state index in [0.717, 1.165) is 22.2 Å². The monoisotopic (exact) mass is 411 g/mol. The zero-order valence-corrected chi connectivity index (χ0v) is 16.3. The van der Waals surface area contributed by atoms with E-state index in [-0.39, 0.29) is 18.3 Å². The van der Waals surface area contributed by atoms with Crippen molar-refractivity contribution in [1.82, 2.24) is 20.2 Å². The number of benzene rings is 3. The van der Waals surface area contributed by atoms with Crippen LogP contribution < -0.4 is 10.1 Å². The Morgan fingerprint density at radius 2 is 1.87 bits per heavy atom. The summed E-state index contributed by atoms with van der Waals surface area (Å²) < 4.78 is 13.0. The predicted molar refractivity (Wildman–Crippen MR) is 114 cm³/mol. The van der Waals surface area contributed by atoms with E-state index in [4.69, 9.17) is 9.15 Å². The third kappa shape index (κ3) is 4.13. The quantitative estimate of drug-likeness (QED) is 0.449. The number of amides is 1. The minimum Gasteiger partial charge on any atom is -0.486 e. The van der Waals surface area contributed by atoms with Gasteiger partial charge in [0.05, 0.1) is 5.69 Å². The molecule has 1 amide bonds. The van der Waals surface area contributed by atoms with E-state index in [9.17, 15) is 4.79 Å². The van der Waals surface area contributed by atoms with Crippen molar-refractivity contribution in [2.45, 2.75) is 6.61 Å². The van der Waals surface area contributed by atoms with Gasteiger partial charge in [-0.3, -0.25) is 4.79 Å². The van der Waals surface area contributed by atoms with Gasteiger partial charge in [0.15, 0.2) is 5.76 Å². The van der Waals surface area contributed by atoms with E-state index >= 15 is 0 Å². The van der Waals surface area contributed by atoms with Gasteiger partial charge in [0.1, 0.15) is 24.4 Å². The summed E-state index contributed by atoms with van der Waals surface area (Å²) >= 11 is 0. The molecule has 0 fully saturated rings. The Labute approximate surface area is 177 Å². The van der Waals surface area contributed by atoms with Crippen molar-refractivity contribution >= 4 is 22.4 Å². The fourth-order valence-corrected chi connectivity index (χ4v) is 3.19. The lowest BCUT2D eigenvalue weighted by atomic mass is 10.1. The third-order valence-electron chi connectivity index (χ3n) is 4.71. The maximum Gasteiger partial charge on any atom is 0.291 e. The molecule has 0 spiro atoms. The first-order chi connectivity index (χ1) is 15.2. The Morgan fingerprint density at radius 1 is 0.968 bits per heavy atom. The molecule has 0 saturated carbocycles. The van der Waals surface area contributed by atoms with Crippen molar-refractivity contribution in [3.05, 3.63) is 96.7 Å². The zero-order chi connectivity index (χ0) is 21.0. The Balaban J connectivity index is 1.23. The number of carbonyl (C=O) groups is 1. The van der Waals surface area contributed by atoms with Crippen molar-refractivity contribution < 1.29 is 13.9 Å². The fourth-order valence-electron chi connectivity index (χ4n) is 3.19. The van der Waals surface area contributed by atoms with Crippen molar-refractivity contribution in [1.29, 1.82) is 0 Å². The van der Waals surface area contributed by atoms with E-state index in [1.165, 1.54) is 11.0 Å². The molecule has 8 nitrogen and oxygen atoms in total. The molecule has 3 aromatic carbocycles. The third-order valence-corrected chi connectivity index (χ3v) is 4.71. The summed E-state index contributed by atoms with van der Waals surface area (Å²) in [6.45, 7) is 0.223. The van der Waals surface area contributed by atoms with Gasteiger partial charge >= 0.3 is 0 Å². The minimum absolute atomic E-state index is 0.199. The van der Waals surface area contributed by atoms with Gasteiger partial charge in [-0.05, 0) is 63.7 Å². The maximum atomic E-state index is 12.6. The molecule has 1 N–H and O–H groups in total. The molecule has 0 radical (unpaired) electrons. The van der Waals surface area contributed by atoms with Gasteiger partial charge in [0.2, 0.25) is 0 Å². The molecule has 0 aliphatic heterocycles. The molecule has 8 heteroatoms. The predicted octanol–water partition coefficient (Wildman–Crippen LogP) is 4.24. The zero-order valence-electron chi connectivity index (χ0n) is 16.3. The highest BCUT2D eigenvalue weighted by Gasteiger charge is 2.13. The molecule has 2 heterocycles. The van der Waals surface area contributed by atoms with E-state index in [2.05, 4.69) is 26.9 Å². The van der Waals surface area contributed by atoms with Crippen molar-refractivity contribution in [3.8, 4) is 11.4 Å². The van der Waals surface area contributed by atoms with Gasteiger partial charge in [-0.2, -0.15) is 0 Å². The van der Waals surface area contributed by atoms with Crippen molar-refractivity contribution in [3.63, 3.8) is 0 Å². The van der Waals surface area contributed by atoms with E-state index in [0.29, 0.717) is 11.4 Å². The molecule has 0 bridgehead atoms. The van der Waals surface area contributed by atoms with Gasteiger partial charge in [-0.1, -0.05) is 36.4 Å². The summed E-state index contributed by atoms with van der Waals surface area (Å²) in [5.41, 5.74) is 1.33. The van der Waals surface area contributed by atoms with Crippen LogP contribution in [0.25, 0.3) is 16.5 Å². The number of aromatic nitrogens is 4. The number of ether oxygens (including phenoxy) is 1. The maximum absolute atomic E-state index is 12.6. The molecule has 31 heavy (non-hydrogen) atoms. The summed E-state index contributed by atoms with van der Waals surface area (Å²) in [5.74, 6) is 1.14. The molecule has 2 aromatic heterocycles. The molecule has 152 valence electrons. The van der Waals surface area contributed by atoms with Gasteiger partial charge in [-0.25, -0.2) is 4.68 Å². The number of nitrogens with one attached hydrogen (secondary N) is 1. The number of hydrogen-bond donors (Lipinski definition) is 1. The molecular weight excluding hydrogens is 394 g/mol. The summed E-state index contributed by atoms with van der Waals surface area (Å²) in [7, 11) is 0. The smallest absolute Gasteiger partial charge is 0.291 e. The Morgan fingerprint density at radius 3 is 2.74 bits per heavy atom.